The Morgan fingerprint density at radius 3 is 1.17 bits per heavy atom. The van der Waals surface area contributed by atoms with E-state index < -0.39 is 175 Å². The summed E-state index contributed by atoms with van der Waals surface area (Å²) in [5.41, 5.74) is -1.35. The number of rotatable bonds is 10. The first kappa shape index (κ1) is 85.4. The Morgan fingerprint density at radius 2 is 0.786 bits per heavy atom. The van der Waals surface area contributed by atoms with Crippen LogP contribution < -0.4 is 0 Å². The number of ketones is 2. The zero-order valence-electron chi connectivity index (χ0n) is 68.6. The third-order valence-electron chi connectivity index (χ3n) is 30.1. The molecule has 12 aliphatic rings. The van der Waals surface area contributed by atoms with Gasteiger partial charge in [-0.15, -0.1) is 0 Å². The van der Waals surface area contributed by atoms with Crippen molar-refractivity contribution in [2.75, 3.05) is 28.4 Å². The molecule has 3 N–H and O–H groups in total. The van der Waals surface area contributed by atoms with E-state index in [1.54, 1.807) is 49.3 Å². The lowest BCUT2D eigenvalue weighted by Crippen LogP contribution is -2.64. The molecule has 10 fully saturated rings. The SMILES string of the molecule is COC(=O)C1=CC[C@H](O)C2[C@@]1(C)CC[C@H]1C(=O)O[C@H](c3ccoc3)C[C@]21C.COC(=O)C1=C[C@H](OC(C)=O)[C@H](O)C2[C@@]1(C)CC[C@H]1C(=O)O[C@H](c3ccoc3)C[C@]21C.COC(=O)[C@@H]1C[C@H](O)C(=O)C2[C@@]3(C)C[C@@H](c4ccoc4)OC(=O)[C@H]3CC[C@]21C.COC(=O)[C@@H]1C[C@H](OC(C)=O)C(=O)C2[C@@]3(C)C[C@@H](c4ccoc4)OC(=O)[C@H]3CC[C@]21C. The molecule has 4 aromatic heterocycles. The Labute approximate surface area is 677 Å². The van der Waals surface area contributed by atoms with E-state index in [0.717, 1.165) is 22.3 Å². The Kier molecular flexibility index (Phi) is 23.4. The number of carbonyl (C=O) groups is 12. The second kappa shape index (κ2) is 32.0. The molecule has 29 nitrogen and oxygen atoms in total. The third kappa shape index (κ3) is 14.5. The number of esters is 10. The molecule has 8 aliphatic carbocycles. The van der Waals surface area contributed by atoms with Crippen molar-refractivity contribution in [3.8, 4) is 0 Å². The summed E-state index contributed by atoms with van der Waals surface area (Å²) in [6.07, 6.45) is 15.5. The van der Waals surface area contributed by atoms with Gasteiger partial charge in [-0.3, -0.25) is 47.9 Å². The van der Waals surface area contributed by atoms with Gasteiger partial charge in [0.05, 0.1) is 126 Å². The Hall–Kier alpha value is -9.48. The molecule has 634 valence electrons. The number of hydrogen-bond acceptors (Lipinski definition) is 29. The lowest BCUT2D eigenvalue weighted by Gasteiger charge is -2.61. The third-order valence-corrected chi connectivity index (χ3v) is 30.1. The maximum atomic E-state index is 13.7. The highest BCUT2D eigenvalue weighted by Crippen LogP contribution is 2.70. The largest absolute Gasteiger partial charge is 0.472 e. The lowest BCUT2D eigenvalue weighted by molar-refractivity contribution is -0.211. The topological polar surface area (TPSA) is 410 Å². The van der Waals surface area contributed by atoms with E-state index in [1.165, 1.54) is 73.4 Å². The molecule has 4 aromatic rings. The quantitative estimate of drug-likeness (QED) is 0.0980. The number of fused-ring (bicyclic) bond motifs is 12. The fourth-order valence-corrected chi connectivity index (χ4v) is 24.9. The number of hydrogen-bond donors (Lipinski definition) is 3. The van der Waals surface area contributed by atoms with Gasteiger partial charge in [-0.2, -0.15) is 0 Å². The van der Waals surface area contributed by atoms with Crippen molar-refractivity contribution in [2.24, 2.45) is 102 Å². The second-order valence-corrected chi connectivity index (χ2v) is 36.4. The van der Waals surface area contributed by atoms with Gasteiger partial charge >= 0.3 is 59.7 Å². The highest BCUT2D eigenvalue weighted by molar-refractivity contribution is 5.95. The average Bonchev–Trinajstić information content (AvgIpc) is 0.792. The standard InChI is InChI=1S/2C23H28O8.C21H26O7.C21H26O6/c2*1-12(24)30-16-9-15(20(26)28-4)22(2)7-5-14-21(27)31-17(13-6-8-29-11-13)10-23(14,3)19(22)18(16)25;1-20-6-4-12-19(25)28-15(11-5-7-27-10-11)9-21(12,2)17(20)16(23)14(22)8-13(20)18(24)26-3;1-20-8-6-14-19(24)27-16(12-7-9-26-11-12)10-21(14,2)17(20)15(22)5-4-13(20)18(23)25-3/h6,8,11,14-17,19H,5,7,9-10H2,1-4H3;6,8-9,11,14,16-19,25H,5,7,10H2,1-4H3;5,7,10,12-15,17,22H,4,6,8-9H2,1-3H3;4,7,9,11,14-17,22H,5-6,8,10H2,1-3H3/t14-,15+,16+,17+,19?,22+,23+;14-,16-,17-,18-,19?,22-,23-;12-,13+,14+,15+,17?,20+,21+;14-,15-,16-,17?,20-,21-/m1010/s1. The van der Waals surface area contributed by atoms with Crippen molar-refractivity contribution >= 4 is 71.3 Å². The average molecular weight is 1630 g/mol. The summed E-state index contributed by atoms with van der Waals surface area (Å²) in [5.74, 6) is -9.52. The highest BCUT2D eigenvalue weighted by atomic mass is 16.6. The smallest absolute Gasteiger partial charge is 0.334 e. The molecule has 29 heteroatoms. The number of Topliss-reactive ketones (excluding diaryl/α,β-unsaturated/α-hetero) is 2. The van der Waals surface area contributed by atoms with E-state index in [4.69, 9.17) is 65.0 Å². The number of aliphatic hydroxyl groups is 3. The zero-order valence-corrected chi connectivity index (χ0v) is 68.6. The van der Waals surface area contributed by atoms with Gasteiger partial charge in [0.25, 0.3) is 0 Å². The van der Waals surface area contributed by atoms with Crippen molar-refractivity contribution in [3.05, 3.63) is 120 Å². The van der Waals surface area contributed by atoms with Gasteiger partial charge in [-0.25, -0.2) is 9.59 Å². The molecule has 0 bridgehead atoms. The van der Waals surface area contributed by atoms with Gasteiger partial charge in [-0.1, -0.05) is 61.5 Å². The minimum absolute atomic E-state index is 0.0643. The maximum Gasteiger partial charge on any atom is 0.334 e. The van der Waals surface area contributed by atoms with Crippen LogP contribution in [0.2, 0.25) is 0 Å². The second-order valence-electron chi connectivity index (χ2n) is 36.4. The summed E-state index contributed by atoms with van der Waals surface area (Å²) in [5, 5.41) is 32.9. The molecule has 4 unspecified atom stereocenters. The van der Waals surface area contributed by atoms with Gasteiger partial charge in [0.1, 0.15) is 36.6 Å². The highest BCUT2D eigenvalue weighted by Gasteiger charge is 2.72. The maximum absolute atomic E-state index is 13.7. The van der Waals surface area contributed by atoms with Crippen LogP contribution in [0.15, 0.2) is 115 Å². The van der Waals surface area contributed by atoms with Crippen molar-refractivity contribution in [2.45, 2.75) is 220 Å². The number of carbonyl (C=O) groups excluding carboxylic acids is 12. The first-order valence-electron chi connectivity index (χ1n) is 40.4. The van der Waals surface area contributed by atoms with Crippen molar-refractivity contribution in [1.82, 2.24) is 0 Å². The lowest BCUT2D eigenvalue weighted by atomic mass is 9.43. The van der Waals surface area contributed by atoms with Crippen molar-refractivity contribution in [3.63, 3.8) is 0 Å². The molecular weight excluding hydrogens is 1520 g/mol. The first-order chi connectivity index (χ1) is 55.3. The normalized spacial score (nSPS) is 40.7. The van der Waals surface area contributed by atoms with Gasteiger partial charge in [0, 0.05) is 88.2 Å². The molecule has 117 heavy (non-hydrogen) atoms. The molecule has 0 aromatic carbocycles. The number of methoxy groups -OCH3 is 4. The van der Waals surface area contributed by atoms with Crippen LogP contribution in [0.4, 0.5) is 0 Å². The van der Waals surface area contributed by atoms with Crippen LogP contribution >= 0.6 is 0 Å². The fourth-order valence-electron chi connectivity index (χ4n) is 24.9. The van der Waals surface area contributed by atoms with E-state index in [9.17, 15) is 72.9 Å². The Balaban J connectivity index is 0.000000136. The first-order valence-corrected chi connectivity index (χ1v) is 40.4. The Bertz CT molecular complexity index is 4530. The van der Waals surface area contributed by atoms with Crippen LogP contribution in [0.1, 0.15) is 212 Å². The molecule has 0 amide bonds. The van der Waals surface area contributed by atoms with Crippen LogP contribution in [-0.2, 0) is 105 Å². The minimum Gasteiger partial charge on any atom is -0.472 e. The molecule has 16 rings (SSSR count). The van der Waals surface area contributed by atoms with Gasteiger partial charge in [0.15, 0.2) is 17.7 Å². The molecule has 0 radical (unpaired) electrons. The number of furan rings is 4. The molecular formula is C88H108O29. The molecule has 27 atom stereocenters. The zero-order chi connectivity index (χ0) is 84.8. The summed E-state index contributed by atoms with van der Waals surface area (Å²) in [6.45, 7) is 18.2. The van der Waals surface area contributed by atoms with E-state index in [1.807, 2.05) is 54.5 Å². The van der Waals surface area contributed by atoms with Crippen LogP contribution in [0.5, 0.6) is 0 Å². The van der Waals surface area contributed by atoms with Gasteiger partial charge in [0.2, 0.25) is 0 Å². The molecule has 4 saturated heterocycles. The van der Waals surface area contributed by atoms with Crippen LogP contribution in [0.25, 0.3) is 0 Å². The number of ether oxygens (including phenoxy) is 10. The summed E-state index contributed by atoms with van der Waals surface area (Å²) >= 11 is 0. The monoisotopic (exact) mass is 1630 g/mol. The predicted octanol–water partition coefficient (Wildman–Crippen LogP) is 11.3. The summed E-state index contributed by atoms with van der Waals surface area (Å²) < 4.78 is 74.3. The fraction of sp³-hybridized carbons (Fsp3) is 0.636. The van der Waals surface area contributed by atoms with Crippen molar-refractivity contribution in [1.29, 1.82) is 0 Å². The van der Waals surface area contributed by atoms with Crippen molar-refractivity contribution < 1.29 is 138 Å². The summed E-state index contributed by atoms with van der Waals surface area (Å²) in [4.78, 5) is 153. The van der Waals surface area contributed by atoms with E-state index in [0.29, 0.717) is 94.6 Å². The minimum atomic E-state index is -1.23. The Morgan fingerprint density at radius 1 is 0.427 bits per heavy atom. The number of cyclic esters (lactones) is 4. The summed E-state index contributed by atoms with van der Waals surface area (Å²) in [7, 11) is 5.32. The molecule has 4 aliphatic heterocycles. The predicted molar refractivity (Wildman–Crippen MR) is 403 cm³/mol. The van der Waals surface area contributed by atoms with Crippen LogP contribution in [0, 0.1) is 102 Å². The molecule has 0 spiro atoms. The molecule has 8 heterocycles. The molecule has 6 saturated carbocycles. The number of aliphatic hydroxyl groups excluding tert-OH is 3. The van der Waals surface area contributed by atoms with E-state index >= 15 is 0 Å². The van der Waals surface area contributed by atoms with E-state index in [-0.39, 0.29) is 66.1 Å². The van der Waals surface area contributed by atoms with Crippen LogP contribution in [0.3, 0.4) is 0 Å². The summed E-state index contributed by atoms with van der Waals surface area (Å²) in [6, 6.07) is 7.05. The van der Waals surface area contributed by atoms with Gasteiger partial charge < -0.3 is 80.4 Å². The van der Waals surface area contributed by atoms with E-state index in [2.05, 4.69) is 6.92 Å². The van der Waals surface area contributed by atoms with Crippen LogP contribution in [-0.4, -0.2) is 146 Å². The van der Waals surface area contributed by atoms with Gasteiger partial charge in [-0.05, 0) is 153 Å².